The summed E-state index contributed by atoms with van der Waals surface area (Å²) in [4.78, 5) is 38.2. The minimum Gasteiger partial charge on any atom is -0.351 e. The molecule has 1 aliphatic heterocycles. The van der Waals surface area contributed by atoms with E-state index in [-0.39, 0.29) is 46.8 Å². The largest absolute Gasteiger partial charge is 0.416 e. The van der Waals surface area contributed by atoms with Crippen LogP contribution in [-0.4, -0.2) is 28.8 Å². The third-order valence-electron chi connectivity index (χ3n) is 5.59. The lowest BCUT2D eigenvalue weighted by Crippen LogP contribution is -2.41. The van der Waals surface area contributed by atoms with E-state index >= 15 is 0 Å². The van der Waals surface area contributed by atoms with Gasteiger partial charge in [-0.15, -0.1) is 0 Å². The van der Waals surface area contributed by atoms with Crippen LogP contribution in [-0.2, 0) is 17.5 Å². The Morgan fingerprint density at radius 1 is 1.08 bits per heavy atom. The molecule has 1 aromatic heterocycles. The predicted molar refractivity (Wildman–Crippen MR) is 123 cm³/mol. The summed E-state index contributed by atoms with van der Waals surface area (Å²) in [6.07, 6.45) is -4.90. The maximum Gasteiger partial charge on any atom is 0.416 e. The van der Waals surface area contributed by atoms with Crippen molar-refractivity contribution in [3.63, 3.8) is 0 Å². The van der Waals surface area contributed by atoms with E-state index in [1.807, 2.05) is 0 Å². The van der Waals surface area contributed by atoms with Crippen molar-refractivity contribution in [2.75, 3.05) is 11.9 Å². The third-order valence-corrected chi connectivity index (χ3v) is 5.94. The Morgan fingerprint density at radius 3 is 2.49 bits per heavy atom. The quantitative estimate of drug-likeness (QED) is 0.411. The van der Waals surface area contributed by atoms with Gasteiger partial charge in [0.15, 0.2) is 0 Å². The zero-order chi connectivity index (χ0) is 27.1. The highest BCUT2D eigenvalue weighted by molar-refractivity contribution is 6.31. The highest BCUT2D eigenvalue weighted by Gasteiger charge is 2.35. The number of amides is 3. The first-order chi connectivity index (χ1) is 17.4. The Hall–Kier alpha value is -3.93. The maximum absolute atomic E-state index is 14.1. The molecule has 0 saturated heterocycles. The minimum absolute atomic E-state index is 0.0465. The third kappa shape index (κ3) is 5.29. The number of hydrogen-bond acceptors (Lipinski definition) is 3. The van der Waals surface area contributed by atoms with E-state index in [0.717, 1.165) is 12.1 Å². The normalized spacial score (nSPS) is 15.1. The van der Waals surface area contributed by atoms with Crippen molar-refractivity contribution in [3.8, 4) is 0 Å². The molecule has 3 N–H and O–H groups in total. The first-order valence-corrected chi connectivity index (χ1v) is 11.2. The summed E-state index contributed by atoms with van der Waals surface area (Å²) in [5.74, 6) is -4.21. The number of benzene rings is 2. The molecule has 3 aromatic rings. The van der Waals surface area contributed by atoms with Crippen molar-refractivity contribution in [2.45, 2.75) is 25.7 Å². The molecule has 0 saturated carbocycles. The molecule has 13 heteroatoms. The number of nitrogens with one attached hydrogen (secondary N) is 3. The minimum atomic E-state index is -4.90. The molecule has 0 spiro atoms. The number of halogens is 6. The average Bonchev–Trinajstić information content (AvgIpc) is 3.17. The molecule has 37 heavy (non-hydrogen) atoms. The second-order valence-electron chi connectivity index (χ2n) is 8.12. The summed E-state index contributed by atoms with van der Waals surface area (Å²) in [6, 6.07) is 4.87. The molecular weight excluding hydrogens is 523 g/mol. The van der Waals surface area contributed by atoms with Gasteiger partial charge in [0, 0.05) is 22.7 Å². The average molecular weight is 541 g/mol. The Balaban J connectivity index is 1.85. The lowest BCUT2D eigenvalue weighted by atomic mass is 10.0. The molecule has 4 rings (SSSR count). The van der Waals surface area contributed by atoms with Gasteiger partial charge in [-0.25, -0.2) is 8.78 Å². The first kappa shape index (κ1) is 26.1. The van der Waals surface area contributed by atoms with Gasteiger partial charge in [0.2, 0.25) is 5.91 Å². The number of hydrogen-bond donors (Lipinski definition) is 3. The summed E-state index contributed by atoms with van der Waals surface area (Å²) < 4.78 is 68.7. The zero-order valence-electron chi connectivity index (χ0n) is 19.0. The molecule has 0 fully saturated rings. The summed E-state index contributed by atoms with van der Waals surface area (Å²) in [6.45, 7) is 1.54. The van der Waals surface area contributed by atoms with Crippen LogP contribution >= 0.6 is 11.6 Å². The van der Waals surface area contributed by atoms with Crippen LogP contribution < -0.4 is 16.0 Å². The fourth-order valence-electron chi connectivity index (χ4n) is 4.04. The highest BCUT2D eigenvalue weighted by atomic mass is 35.5. The Labute approximate surface area is 211 Å². The molecule has 1 aliphatic rings. The predicted octanol–water partition coefficient (Wildman–Crippen LogP) is 4.66. The van der Waals surface area contributed by atoms with E-state index < -0.39 is 52.7 Å². The fraction of sp³-hybridized carbons (Fsp3) is 0.208. The number of rotatable bonds is 5. The van der Waals surface area contributed by atoms with Crippen molar-refractivity contribution in [1.29, 1.82) is 0 Å². The van der Waals surface area contributed by atoms with Crippen LogP contribution in [0.15, 0.2) is 42.5 Å². The molecule has 1 atom stereocenters. The SMILES string of the molecule is CCNC(=O)c1cc(NC(=O)c2cc(F)cc(C(F)(F)F)c2)c2n1CC(=O)NC2c1cc(F)ccc1Cl. The summed E-state index contributed by atoms with van der Waals surface area (Å²) in [7, 11) is 0. The van der Waals surface area contributed by atoms with E-state index in [4.69, 9.17) is 11.6 Å². The highest BCUT2D eigenvalue weighted by Crippen LogP contribution is 2.38. The van der Waals surface area contributed by atoms with Crippen LogP contribution in [0.1, 0.15) is 50.6 Å². The second-order valence-corrected chi connectivity index (χ2v) is 8.53. The molecule has 7 nitrogen and oxygen atoms in total. The van der Waals surface area contributed by atoms with Gasteiger partial charge in [0.1, 0.15) is 23.9 Å². The number of carbonyl (C=O) groups is 3. The van der Waals surface area contributed by atoms with E-state index in [1.54, 1.807) is 6.92 Å². The lowest BCUT2D eigenvalue weighted by Gasteiger charge is -2.29. The number of anilines is 1. The van der Waals surface area contributed by atoms with Crippen molar-refractivity contribution in [1.82, 2.24) is 15.2 Å². The van der Waals surface area contributed by atoms with E-state index in [0.29, 0.717) is 12.1 Å². The molecule has 0 radical (unpaired) electrons. The molecule has 2 heterocycles. The maximum atomic E-state index is 14.1. The van der Waals surface area contributed by atoms with Gasteiger partial charge in [-0.3, -0.25) is 14.4 Å². The molecule has 2 aromatic carbocycles. The van der Waals surface area contributed by atoms with Crippen molar-refractivity contribution in [3.05, 3.63) is 87.2 Å². The zero-order valence-corrected chi connectivity index (χ0v) is 19.7. The summed E-state index contributed by atoms with van der Waals surface area (Å²) in [5.41, 5.74) is -1.89. The smallest absolute Gasteiger partial charge is 0.351 e. The van der Waals surface area contributed by atoms with Gasteiger partial charge in [-0.1, -0.05) is 11.6 Å². The van der Waals surface area contributed by atoms with Crippen LogP contribution in [0.5, 0.6) is 0 Å². The van der Waals surface area contributed by atoms with Crippen LogP contribution in [0.4, 0.5) is 27.6 Å². The van der Waals surface area contributed by atoms with Gasteiger partial charge in [-0.2, -0.15) is 13.2 Å². The van der Waals surface area contributed by atoms with Crippen LogP contribution in [0.25, 0.3) is 0 Å². The van der Waals surface area contributed by atoms with Crippen LogP contribution in [0.2, 0.25) is 5.02 Å². The Morgan fingerprint density at radius 2 is 1.81 bits per heavy atom. The summed E-state index contributed by atoms with van der Waals surface area (Å²) >= 11 is 6.25. The van der Waals surface area contributed by atoms with Crippen molar-refractivity contribution in [2.24, 2.45) is 0 Å². The standard InChI is InChI=1S/C24H18ClF5N4O3/c1-2-31-23(37)18-9-17(32-22(36)11-5-12(24(28,29)30)7-14(27)6-11)21-20(33-19(35)10-34(18)21)15-8-13(26)3-4-16(15)25/h3-9,20H,2,10H2,1H3,(H,31,37)(H,32,36)(H,33,35). The van der Waals surface area contributed by atoms with E-state index in [1.165, 1.54) is 16.7 Å². The van der Waals surface area contributed by atoms with Crippen molar-refractivity contribution >= 4 is 35.0 Å². The lowest BCUT2D eigenvalue weighted by molar-refractivity contribution is -0.137. The Bertz CT molecular complexity index is 1420. The second kappa shape index (κ2) is 9.85. The molecule has 1 unspecified atom stereocenters. The first-order valence-electron chi connectivity index (χ1n) is 10.8. The molecule has 0 bridgehead atoms. The molecular formula is C24H18ClF5N4O3. The molecule has 3 amide bonds. The number of aromatic nitrogens is 1. The number of carbonyl (C=O) groups excluding carboxylic acids is 3. The van der Waals surface area contributed by atoms with Gasteiger partial charge in [-0.05, 0) is 49.4 Å². The van der Waals surface area contributed by atoms with E-state index in [2.05, 4.69) is 16.0 Å². The van der Waals surface area contributed by atoms with Gasteiger partial charge in [0.05, 0.1) is 23.0 Å². The van der Waals surface area contributed by atoms with Gasteiger partial charge in [0.25, 0.3) is 11.8 Å². The van der Waals surface area contributed by atoms with Gasteiger partial charge < -0.3 is 20.5 Å². The van der Waals surface area contributed by atoms with Gasteiger partial charge >= 0.3 is 6.18 Å². The summed E-state index contributed by atoms with van der Waals surface area (Å²) in [5, 5.41) is 7.66. The monoisotopic (exact) mass is 540 g/mol. The molecule has 0 aliphatic carbocycles. The van der Waals surface area contributed by atoms with Crippen molar-refractivity contribution < 1.29 is 36.3 Å². The van der Waals surface area contributed by atoms with Crippen LogP contribution in [0.3, 0.4) is 0 Å². The number of nitrogens with zero attached hydrogens (tertiary/aromatic N) is 1. The Kier molecular flexibility index (Phi) is 6.96. The molecule has 194 valence electrons. The number of fused-ring (bicyclic) bond motifs is 1. The van der Waals surface area contributed by atoms with E-state index in [9.17, 15) is 36.3 Å². The van der Waals surface area contributed by atoms with Crippen LogP contribution in [0, 0.1) is 11.6 Å². The topological polar surface area (TPSA) is 92.2 Å². The number of alkyl halides is 3. The fourth-order valence-corrected chi connectivity index (χ4v) is 4.27.